The van der Waals surface area contributed by atoms with Gasteiger partial charge in [-0.25, -0.2) is 0 Å². The number of halogens is 1. The quantitative estimate of drug-likeness (QED) is 0.545. The molecule has 0 fully saturated rings. The standard InChI is InChI=1S/C17H19ClN2S2/c18-15-9-7-14(8-10-15)13-22-12-4-11-19-17(21)20-16-5-2-1-3-6-16/h1-3,5-10H,4,11-13H2,(H2,19,20,21). The lowest BCUT2D eigenvalue weighted by Gasteiger charge is -2.10. The highest BCUT2D eigenvalue weighted by Crippen LogP contribution is 2.15. The van der Waals surface area contributed by atoms with Gasteiger partial charge in [-0.05, 0) is 54.2 Å². The summed E-state index contributed by atoms with van der Waals surface area (Å²) < 4.78 is 0. The van der Waals surface area contributed by atoms with E-state index in [2.05, 4.69) is 22.8 Å². The van der Waals surface area contributed by atoms with E-state index in [0.717, 1.165) is 35.2 Å². The maximum Gasteiger partial charge on any atom is 0.170 e. The minimum Gasteiger partial charge on any atom is -0.362 e. The summed E-state index contributed by atoms with van der Waals surface area (Å²) in [7, 11) is 0. The molecule has 2 aromatic carbocycles. The summed E-state index contributed by atoms with van der Waals surface area (Å²) in [6.45, 7) is 0.881. The maximum atomic E-state index is 5.87. The minimum atomic E-state index is 0.675. The Kier molecular flexibility index (Phi) is 7.57. The third-order valence-corrected chi connectivity index (χ3v) is 4.58. The summed E-state index contributed by atoms with van der Waals surface area (Å²) in [5, 5.41) is 7.86. The molecule has 0 heterocycles. The zero-order chi connectivity index (χ0) is 15.6. The molecule has 0 aliphatic rings. The molecule has 0 aromatic heterocycles. The van der Waals surface area contributed by atoms with E-state index < -0.39 is 0 Å². The fourth-order valence-corrected chi connectivity index (χ4v) is 3.11. The first-order valence-corrected chi connectivity index (χ1v) is 9.10. The van der Waals surface area contributed by atoms with E-state index in [0.29, 0.717) is 5.11 Å². The number of thiocarbonyl (C=S) groups is 1. The van der Waals surface area contributed by atoms with Crippen molar-refractivity contribution in [1.82, 2.24) is 5.32 Å². The Labute approximate surface area is 146 Å². The molecule has 0 bridgehead atoms. The van der Waals surface area contributed by atoms with Gasteiger partial charge < -0.3 is 10.6 Å². The Hall–Kier alpha value is -1.23. The van der Waals surface area contributed by atoms with Crippen molar-refractivity contribution in [2.75, 3.05) is 17.6 Å². The van der Waals surface area contributed by atoms with E-state index in [-0.39, 0.29) is 0 Å². The van der Waals surface area contributed by atoms with Crippen molar-refractivity contribution in [1.29, 1.82) is 0 Å². The molecule has 22 heavy (non-hydrogen) atoms. The molecule has 2 aromatic rings. The molecule has 116 valence electrons. The molecular weight excluding hydrogens is 332 g/mol. The highest BCUT2D eigenvalue weighted by molar-refractivity contribution is 7.98. The van der Waals surface area contributed by atoms with Gasteiger partial charge in [-0.2, -0.15) is 11.8 Å². The first-order valence-electron chi connectivity index (χ1n) is 7.16. The highest BCUT2D eigenvalue weighted by Gasteiger charge is 1.97. The zero-order valence-electron chi connectivity index (χ0n) is 12.2. The normalized spacial score (nSPS) is 10.2. The molecule has 0 unspecified atom stereocenters. The predicted molar refractivity (Wildman–Crippen MR) is 103 cm³/mol. The van der Waals surface area contributed by atoms with Crippen molar-refractivity contribution in [2.24, 2.45) is 0 Å². The molecule has 5 heteroatoms. The van der Waals surface area contributed by atoms with Gasteiger partial charge in [0, 0.05) is 23.0 Å². The molecular formula is C17H19ClN2S2. The van der Waals surface area contributed by atoms with Crippen LogP contribution in [0.4, 0.5) is 5.69 Å². The average molecular weight is 351 g/mol. The SMILES string of the molecule is S=C(NCCCSCc1ccc(Cl)cc1)Nc1ccccc1. The number of benzene rings is 2. The van der Waals surface area contributed by atoms with Crippen LogP contribution in [0, 0.1) is 0 Å². The van der Waals surface area contributed by atoms with Gasteiger partial charge in [0.15, 0.2) is 5.11 Å². The summed E-state index contributed by atoms with van der Waals surface area (Å²) in [6, 6.07) is 18.0. The lowest BCUT2D eigenvalue weighted by atomic mass is 10.2. The second-order valence-electron chi connectivity index (χ2n) is 4.78. The van der Waals surface area contributed by atoms with E-state index in [1.54, 1.807) is 0 Å². The van der Waals surface area contributed by atoms with Gasteiger partial charge >= 0.3 is 0 Å². The number of thioether (sulfide) groups is 1. The number of nitrogens with one attached hydrogen (secondary N) is 2. The fraction of sp³-hybridized carbons (Fsp3) is 0.235. The molecule has 2 nitrogen and oxygen atoms in total. The van der Waals surface area contributed by atoms with Crippen molar-refractivity contribution in [2.45, 2.75) is 12.2 Å². The second-order valence-corrected chi connectivity index (χ2v) is 6.73. The molecule has 0 aliphatic carbocycles. The molecule has 0 atom stereocenters. The third-order valence-electron chi connectivity index (χ3n) is 2.96. The average Bonchev–Trinajstić information content (AvgIpc) is 2.53. The first-order chi connectivity index (χ1) is 10.7. The van der Waals surface area contributed by atoms with Gasteiger partial charge in [-0.3, -0.25) is 0 Å². The van der Waals surface area contributed by atoms with Crippen molar-refractivity contribution in [3.63, 3.8) is 0 Å². The molecule has 0 aliphatic heterocycles. The Morgan fingerprint density at radius 3 is 2.50 bits per heavy atom. The van der Waals surface area contributed by atoms with E-state index in [1.165, 1.54) is 5.56 Å². The van der Waals surface area contributed by atoms with Crippen LogP contribution >= 0.6 is 35.6 Å². The molecule has 0 amide bonds. The molecule has 0 radical (unpaired) electrons. The lowest BCUT2D eigenvalue weighted by Crippen LogP contribution is -2.29. The van der Waals surface area contributed by atoms with Gasteiger partial charge in [0.1, 0.15) is 0 Å². The number of anilines is 1. The number of para-hydroxylation sites is 1. The van der Waals surface area contributed by atoms with Gasteiger partial charge in [-0.1, -0.05) is 41.9 Å². The number of hydrogen-bond donors (Lipinski definition) is 2. The Balaban J connectivity index is 1.54. The Bertz CT molecular complexity index is 573. The van der Waals surface area contributed by atoms with Crippen LogP contribution < -0.4 is 10.6 Å². The van der Waals surface area contributed by atoms with Crippen molar-refractivity contribution in [3.8, 4) is 0 Å². The van der Waals surface area contributed by atoms with Crippen LogP contribution in [0.5, 0.6) is 0 Å². The fourth-order valence-electron chi connectivity index (χ4n) is 1.84. The second kappa shape index (κ2) is 9.72. The smallest absolute Gasteiger partial charge is 0.170 e. The topological polar surface area (TPSA) is 24.1 Å². The van der Waals surface area contributed by atoms with Crippen LogP contribution in [-0.2, 0) is 5.75 Å². The van der Waals surface area contributed by atoms with Crippen LogP contribution in [0.2, 0.25) is 5.02 Å². The van der Waals surface area contributed by atoms with Crippen molar-refractivity contribution in [3.05, 3.63) is 65.2 Å². The van der Waals surface area contributed by atoms with E-state index in [1.807, 2.05) is 54.2 Å². The lowest BCUT2D eigenvalue weighted by molar-refractivity contribution is 0.854. The predicted octanol–water partition coefficient (Wildman–Crippen LogP) is 4.95. The monoisotopic (exact) mass is 350 g/mol. The molecule has 0 saturated heterocycles. The van der Waals surface area contributed by atoms with Crippen LogP contribution in [0.25, 0.3) is 0 Å². The highest BCUT2D eigenvalue weighted by atomic mass is 35.5. The number of hydrogen-bond acceptors (Lipinski definition) is 2. The van der Waals surface area contributed by atoms with Gasteiger partial charge in [0.2, 0.25) is 0 Å². The molecule has 2 rings (SSSR count). The van der Waals surface area contributed by atoms with Gasteiger partial charge in [-0.15, -0.1) is 0 Å². The van der Waals surface area contributed by atoms with Crippen molar-refractivity contribution >= 4 is 46.4 Å². The van der Waals surface area contributed by atoms with Crippen molar-refractivity contribution < 1.29 is 0 Å². The van der Waals surface area contributed by atoms with Crippen LogP contribution in [-0.4, -0.2) is 17.4 Å². The van der Waals surface area contributed by atoms with Crippen LogP contribution in [0.1, 0.15) is 12.0 Å². The van der Waals surface area contributed by atoms with E-state index >= 15 is 0 Å². The van der Waals surface area contributed by atoms with Crippen LogP contribution in [0.15, 0.2) is 54.6 Å². The van der Waals surface area contributed by atoms with E-state index in [9.17, 15) is 0 Å². The summed E-state index contributed by atoms with van der Waals surface area (Å²) in [5.74, 6) is 2.12. The molecule has 0 saturated carbocycles. The summed E-state index contributed by atoms with van der Waals surface area (Å²) in [6.07, 6.45) is 1.08. The van der Waals surface area contributed by atoms with Gasteiger partial charge in [0.25, 0.3) is 0 Å². The van der Waals surface area contributed by atoms with Gasteiger partial charge in [0.05, 0.1) is 0 Å². The Morgan fingerprint density at radius 2 is 1.77 bits per heavy atom. The zero-order valence-corrected chi connectivity index (χ0v) is 14.6. The molecule has 0 spiro atoms. The summed E-state index contributed by atoms with van der Waals surface area (Å²) >= 11 is 13.1. The number of rotatable bonds is 7. The third kappa shape index (κ3) is 6.69. The Morgan fingerprint density at radius 1 is 1.05 bits per heavy atom. The minimum absolute atomic E-state index is 0.675. The summed E-state index contributed by atoms with van der Waals surface area (Å²) in [4.78, 5) is 0. The maximum absolute atomic E-state index is 5.87. The largest absolute Gasteiger partial charge is 0.362 e. The van der Waals surface area contributed by atoms with E-state index in [4.69, 9.17) is 23.8 Å². The summed E-state index contributed by atoms with van der Waals surface area (Å²) in [5.41, 5.74) is 2.32. The van der Waals surface area contributed by atoms with Crippen LogP contribution in [0.3, 0.4) is 0 Å². The molecule has 2 N–H and O–H groups in total. The first kappa shape index (κ1) is 17.1.